The van der Waals surface area contributed by atoms with Crippen molar-refractivity contribution in [3.05, 3.63) is 29.3 Å². The second-order valence-electron chi connectivity index (χ2n) is 5.35. The SMILES string of the molecule is C[C@@H]1CCCC[C@@H]1NCC#CCOc1ccc(Cl)cc1. The summed E-state index contributed by atoms with van der Waals surface area (Å²) < 4.78 is 5.51. The standard InChI is InChI=1S/C17H22ClNO/c1-14-6-2-3-7-17(14)19-12-4-5-13-20-16-10-8-15(18)9-11-16/h8-11,14,17,19H,2-3,6-7,12-13H2,1H3/t14-,17+/m1/s1. The normalized spacial score (nSPS) is 21.9. The van der Waals surface area contributed by atoms with Crippen LogP contribution in [0.25, 0.3) is 0 Å². The first-order valence-corrected chi connectivity index (χ1v) is 7.71. The fourth-order valence-electron chi connectivity index (χ4n) is 2.57. The van der Waals surface area contributed by atoms with E-state index in [4.69, 9.17) is 16.3 Å². The van der Waals surface area contributed by atoms with Crippen molar-refractivity contribution >= 4 is 11.6 Å². The van der Waals surface area contributed by atoms with Gasteiger partial charge in [0.2, 0.25) is 0 Å². The van der Waals surface area contributed by atoms with Crippen molar-refractivity contribution in [3.8, 4) is 17.6 Å². The van der Waals surface area contributed by atoms with Gasteiger partial charge in [-0.05, 0) is 43.0 Å². The summed E-state index contributed by atoms with van der Waals surface area (Å²) in [4.78, 5) is 0. The van der Waals surface area contributed by atoms with Crippen molar-refractivity contribution in [3.63, 3.8) is 0 Å². The molecule has 0 spiro atoms. The van der Waals surface area contributed by atoms with Crippen LogP contribution in [-0.4, -0.2) is 19.2 Å². The Morgan fingerprint density at radius 3 is 2.70 bits per heavy atom. The summed E-state index contributed by atoms with van der Waals surface area (Å²) in [6, 6.07) is 7.97. The summed E-state index contributed by atoms with van der Waals surface area (Å²) in [7, 11) is 0. The van der Waals surface area contributed by atoms with Crippen LogP contribution in [0.1, 0.15) is 32.6 Å². The van der Waals surface area contributed by atoms with Crippen LogP contribution in [0.4, 0.5) is 0 Å². The molecule has 0 unspecified atom stereocenters. The van der Waals surface area contributed by atoms with E-state index in [1.54, 1.807) is 0 Å². The highest BCUT2D eigenvalue weighted by atomic mass is 35.5. The fourth-order valence-corrected chi connectivity index (χ4v) is 2.69. The molecule has 1 aromatic carbocycles. The van der Waals surface area contributed by atoms with Gasteiger partial charge < -0.3 is 10.1 Å². The van der Waals surface area contributed by atoms with Crippen LogP contribution in [0.15, 0.2) is 24.3 Å². The van der Waals surface area contributed by atoms with E-state index >= 15 is 0 Å². The predicted molar refractivity (Wildman–Crippen MR) is 84.1 cm³/mol. The Morgan fingerprint density at radius 1 is 1.20 bits per heavy atom. The van der Waals surface area contributed by atoms with Crippen molar-refractivity contribution in [2.75, 3.05) is 13.2 Å². The molecule has 0 aliphatic heterocycles. The van der Waals surface area contributed by atoms with E-state index in [-0.39, 0.29) is 0 Å². The Labute approximate surface area is 126 Å². The van der Waals surface area contributed by atoms with Crippen molar-refractivity contribution in [1.29, 1.82) is 0 Å². The molecule has 0 heterocycles. The third kappa shape index (κ3) is 5.07. The van der Waals surface area contributed by atoms with Crippen molar-refractivity contribution in [2.24, 2.45) is 5.92 Å². The topological polar surface area (TPSA) is 21.3 Å². The highest BCUT2D eigenvalue weighted by Gasteiger charge is 2.19. The summed E-state index contributed by atoms with van der Waals surface area (Å²) >= 11 is 5.81. The molecule has 0 bridgehead atoms. The van der Waals surface area contributed by atoms with Gasteiger partial charge in [0, 0.05) is 11.1 Å². The lowest BCUT2D eigenvalue weighted by atomic mass is 9.86. The number of hydrogen-bond donors (Lipinski definition) is 1. The molecular weight excluding hydrogens is 270 g/mol. The zero-order chi connectivity index (χ0) is 14.2. The number of rotatable bonds is 4. The molecule has 0 saturated heterocycles. The van der Waals surface area contributed by atoms with E-state index in [1.165, 1.54) is 25.7 Å². The van der Waals surface area contributed by atoms with Gasteiger partial charge in [-0.25, -0.2) is 0 Å². The average Bonchev–Trinajstić information content (AvgIpc) is 2.46. The Morgan fingerprint density at radius 2 is 1.95 bits per heavy atom. The molecule has 1 aromatic rings. The number of benzene rings is 1. The van der Waals surface area contributed by atoms with Crippen molar-refractivity contribution < 1.29 is 4.74 Å². The molecular formula is C17H22ClNO. The Bertz CT molecular complexity index is 460. The largest absolute Gasteiger partial charge is 0.481 e. The molecule has 0 amide bonds. The van der Waals surface area contributed by atoms with Gasteiger partial charge in [0.25, 0.3) is 0 Å². The van der Waals surface area contributed by atoms with Crippen LogP contribution < -0.4 is 10.1 Å². The first-order chi connectivity index (χ1) is 9.75. The van der Waals surface area contributed by atoms with E-state index < -0.39 is 0 Å². The molecule has 108 valence electrons. The van der Waals surface area contributed by atoms with E-state index in [0.29, 0.717) is 17.7 Å². The fraction of sp³-hybridized carbons (Fsp3) is 0.529. The van der Waals surface area contributed by atoms with E-state index in [9.17, 15) is 0 Å². The minimum Gasteiger partial charge on any atom is -0.481 e. The van der Waals surface area contributed by atoms with Crippen LogP contribution in [0.5, 0.6) is 5.75 Å². The molecule has 1 N–H and O–H groups in total. The molecule has 0 radical (unpaired) electrons. The molecule has 1 saturated carbocycles. The summed E-state index contributed by atoms with van der Waals surface area (Å²) in [5.74, 6) is 7.74. The zero-order valence-electron chi connectivity index (χ0n) is 12.0. The van der Waals surface area contributed by atoms with E-state index in [0.717, 1.165) is 18.2 Å². The summed E-state index contributed by atoms with van der Waals surface area (Å²) in [6.45, 7) is 3.50. The molecule has 0 aromatic heterocycles. The number of ether oxygens (including phenoxy) is 1. The first kappa shape index (κ1) is 15.2. The Kier molecular flexibility index (Phi) is 6.24. The highest BCUT2D eigenvalue weighted by Crippen LogP contribution is 2.23. The molecule has 20 heavy (non-hydrogen) atoms. The van der Waals surface area contributed by atoms with Gasteiger partial charge in [0.1, 0.15) is 12.4 Å². The van der Waals surface area contributed by atoms with Gasteiger partial charge in [-0.3, -0.25) is 0 Å². The lowest BCUT2D eigenvalue weighted by Crippen LogP contribution is -2.37. The predicted octanol–water partition coefficient (Wildman–Crippen LogP) is 3.89. The third-order valence-corrected chi connectivity index (χ3v) is 4.07. The van der Waals surface area contributed by atoms with Gasteiger partial charge in [0.15, 0.2) is 0 Å². The minimum atomic E-state index is 0.420. The number of hydrogen-bond acceptors (Lipinski definition) is 2. The second-order valence-corrected chi connectivity index (χ2v) is 5.78. The monoisotopic (exact) mass is 291 g/mol. The van der Waals surface area contributed by atoms with Gasteiger partial charge in [-0.2, -0.15) is 0 Å². The minimum absolute atomic E-state index is 0.420. The lowest BCUT2D eigenvalue weighted by Gasteiger charge is -2.28. The van der Waals surface area contributed by atoms with E-state index in [2.05, 4.69) is 24.1 Å². The van der Waals surface area contributed by atoms with E-state index in [1.807, 2.05) is 24.3 Å². The van der Waals surface area contributed by atoms with Crippen LogP contribution in [0.3, 0.4) is 0 Å². The molecule has 1 aliphatic rings. The van der Waals surface area contributed by atoms with Gasteiger partial charge in [-0.15, -0.1) is 0 Å². The first-order valence-electron chi connectivity index (χ1n) is 7.33. The molecule has 2 rings (SSSR count). The van der Waals surface area contributed by atoms with Crippen LogP contribution in [0.2, 0.25) is 5.02 Å². The molecule has 2 nitrogen and oxygen atoms in total. The van der Waals surface area contributed by atoms with Crippen LogP contribution >= 0.6 is 11.6 Å². The smallest absolute Gasteiger partial charge is 0.149 e. The number of nitrogens with one attached hydrogen (secondary N) is 1. The van der Waals surface area contributed by atoms with Gasteiger partial charge in [-0.1, -0.05) is 43.2 Å². The Balaban J connectivity index is 1.63. The maximum atomic E-state index is 5.81. The Hall–Kier alpha value is -1.17. The third-order valence-electron chi connectivity index (χ3n) is 3.81. The number of halogens is 1. The molecule has 1 aliphatic carbocycles. The summed E-state index contributed by atoms with van der Waals surface area (Å²) in [6.07, 6.45) is 5.34. The average molecular weight is 292 g/mol. The summed E-state index contributed by atoms with van der Waals surface area (Å²) in [5.41, 5.74) is 0. The maximum absolute atomic E-state index is 5.81. The maximum Gasteiger partial charge on any atom is 0.149 e. The molecule has 2 atom stereocenters. The second kappa shape index (κ2) is 8.19. The van der Waals surface area contributed by atoms with Crippen molar-refractivity contribution in [1.82, 2.24) is 5.32 Å². The van der Waals surface area contributed by atoms with Crippen molar-refractivity contribution in [2.45, 2.75) is 38.6 Å². The van der Waals surface area contributed by atoms with Gasteiger partial charge >= 0.3 is 0 Å². The van der Waals surface area contributed by atoms with Gasteiger partial charge in [0.05, 0.1) is 6.54 Å². The summed E-state index contributed by atoms with van der Waals surface area (Å²) in [5, 5.41) is 4.25. The lowest BCUT2D eigenvalue weighted by molar-refractivity contribution is 0.289. The zero-order valence-corrected chi connectivity index (χ0v) is 12.7. The molecule has 3 heteroatoms. The molecule has 1 fully saturated rings. The quantitative estimate of drug-likeness (QED) is 0.850. The van der Waals surface area contributed by atoms with Crippen LogP contribution in [-0.2, 0) is 0 Å². The van der Waals surface area contributed by atoms with Crippen LogP contribution in [0, 0.1) is 17.8 Å². The highest BCUT2D eigenvalue weighted by molar-refractivity contribution is 6.30.